The normalized spacial score (nSPS) is 15.8. The average molecular weight is 661 g/mol. The molecule has 5 rings (SSSR count). The number of likely N-dealkylation sites (N-methyl/N-ethyl adjacent to an activating group) is 1. The van der Waals surface area contributed by atoms with Gasteiger partial charge in [0.15, 0.2) is 0 Å². The first-order valence-electron chi connectivity index (χ1n) is 15.5. The molecule has 0 aliphatic carbocycles. The number of hydrogen-bond acceptors (Lipinski definition) is 10. The first-order valence-corrected chi connectivity index (χ1v) is 17.0. The summed E-state index contributed by atoms with van der Waals surface area (Å²) in [5, 5.41) is 0.882. The van der Waals surface area contributed by atoms with Crippen molar-refractivity contribution >= 4 is 30.6 Å². The second-order valence-corrected chi connectivity index (χ2v) is 13.3. The maximum atomic E-state index is 14.5. The SMILES string of the molecule is CCN1C=CCC(C(=O)OCOP(=O)(OCOC(=O)C2=CN(Cc3ccccc3)C=CC2)n2cc(CCN(C)C)c3ccccc32)=C1. The number of benzene rings is 2. The van der Waals surface area contributed by atoms with Gasteiger partial charge in [0.25, 0.3) is 0 Å². The van der Waals surface area contributed by atoms with Crippen molar-refractivity contribution in [3.63, 3.8) is 0 Å². The van der Waals surface area contributed by atoms with Crippen molar-refractivity contribution in [3.05, 3.63) is 120 Å². The van der Waals surface area contributed by atoms with Gasteiger partial charge in [0.2, 0.25) is 13.6 Å². The Bertz CT molecular complexity index is 1730. The second-order valence-electron chi connectivity index (χ2n) is 11.4. The van der Waals surface area contributed by atoms with Crippen LogP contribution in [-0.4, -0.2) is 71.7 Å². The van der Waals surface area contributed by atoms with E-state index in [9.17, 15) is 14.2 Å². The molecule has 0 saturated heterocycles. The number of allylic oxidation sites excluding steroid dienone is 2. The summed E-state index contributed by atoms with van der Waals surface area (Å²) in [5.74, 6) is -1.20. The van der Waals surface area contributed by atoms with Gasteiger partial charge in [-0.25, -0.2) is 14.2 Å². The molecular weight excluding hydrogens is 619 g/mol. The van der Waals surface area contributed by atoms with E-state index in [0.29, 0.717) is 49.0 Å². The smallest absolute Gasteiger partial charge is 0.434 e. The standard InChI is InChI=1S/C35H41N4O7P/c1-4-37-19-10-14-30(23-37)34(40)43-26-45-47(42,39-25-29(18-21-36(2)3)32-16-8-9-17-33(32)39)46-27-44-35(41)31-15-11-20-38(24-31)22-28-12-6-5-7-13-28/h5-13,16-17,19-20,23-25H,4,14-15,18,21-22,26-27H2,1-3H3. The second kappa shape index (κ2) is 15.9. The highest BCUT2D eigenvalue weighted by Crippen LogP contribution is 2.52. The predicted octanol–water partition coefficient (Wildman–Crippen LogP) is 6.16. The molecule has 0 fully saturated rings. The highest BCUT2D eigenvalue weighted by Gasteiger charge is 2.32. The molecule has 12 heteroatoms. The van der Waals surface area contributed by atoms with Gasteiger partial charge in [0.05, 0.1) is 16.7 Å². The Kier molecular flexibility index (Phi) is 11.5. The molecule has 2 aliphatic heterocycles. The fraction of sp³-hybridized carbons (Fsp3) is 0.314. The number of rotatable bonds is 15. The summed E-state index contributed by atoms with van der Waals surface area (Å²) in [6.07, 6.45) is 14.2. The summed E-state index contributed by atoms with van der Waals surface area (Å²) < 4.78 is 38.3. The number of carbonyl (C=O) groups is 2. The Hall–Kier alpha value is -4.41. The van der Waals surface area contributed by atoms with E-state index < -0.39 is 33.3 Å². The van der Waals surface area contributed by atoms with Crippen molar-refractivity contribution < 1.29 is 32.7 Å². The van der Waals surface area contributed by atoms with Gasteiger partial charge in [-0.3, -0.25) is 13.4 Å². The van der Waals surface area contributed by atoms with Gasteiger partial charge in [-0.15, -0.1) is 0 Å². The van der Waals surface area contributed by atoms with E-state index in [1.165, 1.54) is 4.34 Å². The number of carbonyl (C=O) groups excluding carboxylic acids is 2. The van der Waals surface area contributed by atoms with Crippen LogP contribution in [0.3, 0.4) is 0 Å². The molecule has 248 valence electrons. The zero-order valence-electron chi connectivity index (χ0n) is 27.0. The van der Waals surface area contributed by atoms with Crippen LogP contribution in [0.25, 0.3) is 10.9 Å². The van der Waals surface area contributed by atoms with Crippen molar-refractivity contribution in [2.24, 2.45) is 0 Å². The van der Waals surface area contributed by atoms with Crippen LogP contribution in [0.2, 0.25) is 0 Å². The minimum Gasteiger partial charge on any atom is -0.434 e. The summed E-state index contributed by atoms with van der Waals surface area (Å²) in [7, 11) is -0.290. The Morgan fingerprint density at radius 3 is 2.06 bits per heavy atom. The molecule has 1 unspecified atom stereocenters. The molecule has 0 radical (unpaired) electrons. The largest absolute Gasteiger partial charge is 0.445 e. The summed E-state index contributed by atoms with van der Waals surface area (Å²) in [6.45, 7) is 2.73. The van der Waals surface area contributed by atoms with E-state index in [1.807, 2.05) is 110 Å². The van der Waals surface area contributed by atoms with E-state index in [2.05, 4.69) is 4.90 Å². The molecule has 0 saturated carbocycles. The van der Waals surface area contributed by atoms with E-state index in [1.54, 1.807) is 18.6 Å². The molecular formula is C35H41N4O7P. The lowest BCUT2D eigenvalue weighted by Gasteiger charge is -2.22. The lowest BCUT2D eigenvalue weighted by molar-refractivity contribution is -0.147. The van der Waals surface area contributed by atoms with E-state index in [-0.39, 0.29) is 0 Å². The number of esters is 2. The Labute approximate surface area is 275 Å². The van der Waals surface area contributed by atoms with Gasteiger partial charge < -0.3 is 24.2 Å². The Balaban J connectivity index is 1.31. The van der Waals surface area contributed by atoms with Crippen LogP contribution >= 0.6 is 7.75 Å². The molecule has 1 aromatic heterocycles. The highest BCUT2D eigenvalue weighted by atomic mass is 31.2. The predicted molar refractivity (Wildman–Crippen MR) is 179 cm³/mol. The molecule has 0 N–H and O–H groups in total. The topological polar surface area (TPSA) is 103 Å². The lowest BCUT2D eigenvalue weighted by Crippen LogP contribution is -2.19. The van der Waals surface area contributed by atoms with Crippen LogP contribution in [0.1, 0.15) is 30.9 Å². The summed E-state index contributed by atoms with van der Waals surface area (Å²) >= 11 is 0. The number of aromatic nitrogens is 1. The third-order valence-electron chi connectivity index (χ3n) is 7.69. The molecule has 47 heavy (non-hydrogen) atoms. The summed E-state index contributed by atoms with van der Waals surface area (Å²) in [4.78, 5) is 31.7. The molecule has 0 bridgehead atoms. The molecule has 2 aliphatic rings. The van der Waals surface area contributed by atoms with Gasteiger partial charge in [0, 0.05) is 62.7 Å². The number of nitrogens with zero attached hydrogens (tertiary/aromatic N) is 4. The molecule has 3 heterocycles. The van der Waals surface area contributed by atoms with E-state index in [0.717, 1.165) is 23.1 Å². The molecule has 1 atom stereocenters. The first kappa shape index (κ1) is 33.9. The van der Waals surface area contributed by atoms with Crippen LogP contribution in [0.4, 0.5) is 0 Å². The quantitative estimate of drug-likeness (QED) is 0.107. The van der Waals surface area contributed by atoms with Crippen LogP contribution in [0.15, 0.2) is 109 Å². The third-order valence-corrected chi connectivity index (χ3v) is 9.41. The van der Waals surface area contributed by atoms with Crippen LogP contribution < -0.4 is 0 Å². The minimum atomic E-state index is -4.25. The van der Waals surface area contributed by atoms with Gasteiger partial charge >= 0.3 is 19.7 Å². The molecule has 11 nitrogen and oxygen atoms in total. The molecule has 0 spiro atoms. The fourth-order valence-corrected chi connectivity index (χ4v) is 6.62. The van der Waals surface area contributed by atoms with Crippen molar-refractivity contribution in [3.8, 4) is 0 Å². The van der Waals surface area contributed by atoms with Gasteiger partial charge in [-0.05, 0) is 50.8 Å². The number of fused-ring (bicyclic) bond motifs is 1. The van der Waals surface area contributed by atoms with Crippen LogP contribution in [0, 0.1) is 0 Å². The Morgan fingerprint density at radius 2 is 1.43 bits per heavy atom. The van der Waals surface area contributed by atoms with Gasteiger partial charge in [-0.1, -0.05) is 60.7 Å². The molecule has 2 aromatic carbocycles. The van der Waals surface area contributed by atoms with Crippen molar-refractivity contribution in [1.82, 2.24) is 19.0 Å². The zero-order valence-corrected chi connectivity index (χ0v) is 27.9. The Morgan fingerprint density at radius 1 is 0.830 bits per heavy atom. The lowest BCUT2D eigenvalue weighted by atomic mass is 10.1. The fourth-order valence-electron chi connectivity index (χ4n) is 5.20. The zero-order chi connectivity index (χ0) is 33.2. The molecule has 3 aromatic rings. The monoisotopic (exact) mass is 660 g/mol. The summed E-state index contributed by atoms with van der Waals surface area (Å²) in [5.41, 5.74) is 3.50. The number of para-hydroxylation sites is 1. The van der Waals surface area contributed by atoms with Crippen LogP contribution in [0.5, 0.6) is 0 Å². The number of hydrogen-bond donors (Lipinski definition) is 0. The molecule has 0 amide bonds. The van der Waals surface area contributed by atoms with Gasteiger partial charge in [0.1, 0.15) is 0 Å². The van der Waals surface area contributed by atoms with Crippen molar-refractivity contribution in [2.45, 2.75) is 32.7 Å². The maximum Gasteiger partial charge on any atom is 0.445 e. The van der Waals surface area contributed by atoms with E-state index in [4.69, 9.17) is 18.5 Å². The number of ether oxygens (including phenoxy) is 2. The van der Waals surface area contributed by atoms with Crippen molar-refractivity contribution in [2.75, 3.05) is 40.8 Å². The maximum absolute atomic E-state index is 14.5. The first-order chi connectivity index (χ1) is 22.8. The summed E-state index contributed by atoms with van der Waals surface area (Å²) in [6, 6.07) is 17.4. The third kappa shape index (κ3) is 8.90. The van der Waals surface area contributed by atoms with Gasteiger partial charge in [-0.2, -0.15) is 0 Å². The van der Waals surface area contributed by atoms with Crippen molar-refractivity contribution in [1.29, 1.82) is 0 Å². The minimum absolute atomic E-state index is 0.381. The van der Waals surface area contributed by atoms with Crippen LogP contribution in [-0.2, 0) is 45.6 Å². The highest BCUT2D eigenvalue weighted by molar-refractivity contribution is 7.52. The average Bonchev–Trinajstić information content (AvgIpc) is 3.47. The van der Waals surface area contributed by atoms with E-state index >= 15 is 0 Å².